The van der Waals surface area contributed by atoms with E-state index in [2.05, 4.69) is 10.6 Å². The first-order valence-electron chi connectivity index (χ1n) is 9.08. The minimum Gasteiger partial charge on any atom is -0.491 e. The lowest BCUT2D eigenvalue weighted by molar-refractivity contribution is -0.119. The van der Waals surface area contributed by atoms with E-state index in [0.29, 0.717) is 11.3 Å². The van der Waals surface area contributed by atoms with Crippen molar-refractivity contribution in [3.8, 4) is 5.75 Å². The van der Waals surface area contributed by atoms with Gasteiger partial charge in [0.1, 0.15) is 11.6 Å². The van der Waals surface area contributed by atoms with Gasteiger partial charge in [-0.3, -0.25) is 4.79 Å². The summed E-state index contributed by atoms with van der Waals surface area (Å²) in [7, 11) is -0.734. The Hall–Kier alpha value is -2.65. The number of nitrogens with one attached hydrogen (secondary N) is 2. The summed E-state index contributed by atoms with van der Waals surface area (Å²) in [6, 6.07) is 10.8. The summed E-state index contributed by atoms with van der Waals surface area (Å²) in [6.07, 6.45) is -0.0711. The van der Waals surface area contributed by atoms with Crippen LogP contribution in [0, 0.1) is 5.82 Å². The Kier molecular flexibility index (Phi) is 7.58. The lowest BCUT2D eigenvalue weighted by atomic mass is 10.2. The van der Waals surface area contributed by atoms with Crippen LogP contribution in [0.3, 0.4) is 0 Å². The van der Waals surface area contributed by atoms with Crippen LogP contribution in [0.5, 0.6) is 5.75 Å². The van der Waals surface area contributed by atoms with Gasteiger partial charge < -0.3 is 15.4 Å². The fourth-order valence-corrected chi connectivity index (χ4v) is 3.63. The van der Waals surface area contributed by atoms with Gasteiger partial charge in [0.2, 0.25) is 15.9 Å². The third kappa shape index (κ3) is 6.16. The van der Waals surface area contributed by atoms with E-state index >= 15 is 0 Å². The van der Waals surface area contributed by atoms with E-state index in [0.717, 1.165) is 4.31 Å². The quantitative estimate of drug-likeness (QED) is 0.647. The highest BCUT2D eigenvalue weighted by Crippen LogP contribution is 2.21. The van der Waals surface area contributed by atoms with Crippen molar-refractivity contribution in [1.29, 1.82) is 0 Å². The summed E-state index contributed by atoms with van der Waals surface area (Å²) in [5, 5.41) is 5.37. The van der Waals surface area contributed by atoms with Crippen molar-refractivity contribution in [3.63, 3.8) is 0 Å². The number of anilines is 1. The van der Waals surface area contributed by atoms with Crippen molar-refractivity contribution in [3.05, 3.63) is 53.8 Å². The number of hydrogen-bond donors (Lipinski definition) is 2. The van der Waals surface area contributed by atoms with Gasteiger partial charge in [-0.25, -0.2) is 17.1 Å². The maximum atomic E-state index is 14.1. The third-order valence-corrected chi connectivity index (χ3v) is 5.87. The molecule has 2 rings (SSSR count). The van der Waals surface area contributed by atoms with Gasteiger partial charge in [-0.15, -0.1) is 0 Å². The van der Waals surface area contributed by atoms with Gasteiger partial charge >= 0.3 is 0 Å². The number of benzene rings is 2. The van der Waals surface area contributed by atoms with Crippen molar-refractivity contribution in [2.24, 2.45) is 0 Å². The number of carbonyl (C=O) groups is 1. The molecule has 7 nitrogen and oxygen atoms in total. The molecule has 0 aliphatic rings. The number of ether oxygens (including phenoxy) is 1. The van der Waals surface area contributed by atoms with E-state index in [1.54, 1.807) is 24.3 Å². The molecule has 0 aromatic heterocycles. The van der Waals surface area contributed by atoms with Crippen LogP contribution in [-0.4, -0.2) is 45.4 Å². The first-order valence-corrected chi connectivity index (χ1v) is 10.5. The summed E-state index contributed by atoms with van der Waals surface area (Å²) < 4.78 is 45.4. The fourth-order valence-electron chi connectivity index (χ4n) is 2.51. The number of sulfonamides is 1. The van der Waals surface area contributed by atoms with Crippen molar-refractivity contribution < 1.29 is 22.3 Å². The molecule has 0 unspecified atom stereocenters. The standard InChI is InChI=1S/C20H26FN3O4S/c1-14(2)28-16-9-10-18(17(21)11-16)22-13-20(25)23-12-15-7-5-6-8-19(15)29(26,27)24(3)4/h5-11,14,22H,12-13H2,1-4H3,(H,23,25). The smallest absolute Gasteiger partial charge is 0.242 e. The average molecular weight is 424 g/mol. The summed E-state index contributed by atoms with van der Waals surface area (Å²) in [5.74, 6) is -0.520. The van der Waals surface area contributed by atoms with Gasteiger partial charge in [-0.1, -0.05) is 18.2 Å². The van der Waals surface area contributed by atoms with Gasteiger partial charge in [0.25, 0.3) is 0 Å². The van der Waals surface area contributed by atoms with E-state index < -0.39 is 21.7 Å². The minimum absolute atomic E-state index is 0.0351. The second-order valence-corrected chi connectivity index (χ2v) is 8.95. The monoisotopic (exact) mass is 423 g/mol. The van der Waals surface area contributed by atoms with Gasteiger partial charge in [0, 0.05) is 26.7 Å². The summed E-state index contributed by atoms with van der Waals surface area (Å²) in [5.41, 5.74) is 0.641. The van der Waals surface area contributed by atoms with E-state index in [1.165, 1.54) is 32.3 Å². The number of hydrogen-bond acceptors (Lipinski definition) is 5. The van der Waals surface area contributed by atoms with Crippen LogP contribution in [-0.2, 0) is 21.4 Å². The molecule has 2 aromatic rings. The number of nitrogens with zero attached hydrogens (tertiary/aromatic N) is 1. The first-order chi connectivity index (χ1) is 13.6. The molecule has 0 bridgehead atoms. The fraction of sp³-hybridized carbons (Fsp3) is 0.350. The highest BCUT2D eigenvalue weighted by molar-refractivity contribution is 7.89. The number of halogens is 1. The SMILES string of the molecule is CC(C)Oc1ccc(NCC(=O)NCc2ccccc2S(=O)(=O)N(C)C)c(F)c1. The Bertz CT molecular complexity index is 962. The predicted molar refractivity (Wildman–Crippen MR) is 110 cm³/mol. The molecular formula is C20H26FN3O4S. The molecule has 29 heavy (non-hydrogen) atoms. The lowest BCUT2D eigenvalue weighted by Crippen LogP contribution is -2.31. The highest BCUT2D eigenvalue weighted by atomic mass is 32.2. The third-order valence-electron chi connectivity index (χ3n) is 3.96. The molecular weight excluding hydrogens is 397 g/mol. The molecule has 2 aromatic carbocycles. The van der Waals surface area contributed by atoms with Crippen LogP contribution in [0.2, 0.25) is 0 Å². The van der Waals surface area contributed by atoms with Crippen LogP contribution in [0.1, 0.15) is 19.4 Å². The first kappa shape index (κ1) is 22.6. The van der Waals surface area contributed by atoms with Crippen LogP contribution >= 0.6 is 0 Å². The Morgan fingerprint density at radius 1 is 1.17 bits per heavy atom. The Labute approximate surface area is 170 Å². The molecule has 0 saturated carbocycles. The Morgan fingerprint density at radius 3 is 2.48 bits per heavy atom. The van der Waals surface area contributed by atoms with E-state index in [4.69, 9.17) is 4.74 Å². The number of amides is 1. The zero-order chi connectivity index (χ0) is 21.6. The predicted octanol–water partition coefficient (Wildman–Crippen LogP) is 2.59. The molecule has 1 amide bonds. The molecule has 9 heteroatoms. The molecule has 0 radical (unpaired) electrons. The van der Waals surface area contributed by atoms with Gasteiger partial charge in [-0.05, 0) is 37.6 Å². The molecule has 0 fully saturated rings. The van der Waals surface area contributed by atoms with E-state index in [9.17, 15) is 17.6 Å². The normalized spacial score (nSPS) is 11.6. The Morgan fingerprint density at radius 2 is 1.86 bits per heavy atom. The van der Waals surface area contributed by atoms with Crippen molar-refractivity contribution in [1.82, 2.24) is 9.62 Å². The second-order valence-electron chi connectivity index (χ2n) is 6.83. The van der Waals surface area contributed by atoms with E-state index in [1.807, 2.05) is 13.8 Å². The molecule has 0 heterocycles. The van der Waals surface area contributed by atoms with E-state index in [-0.39, 0.29) is 29.8 Å². The zero-order valence-electron chi connectivity index (χ0n) is 16.9. The molecule has 0 atom stereocenters. The summed E-state index contributed by atoms with van der Waals surface area (Å²) in [6.45, 7) is 3.56. The van der Waals surface area contributed by atoms with Crippen molar-refractivity contribution >= 4 is 21.6 Å². The maximum absolute atomic E-state index is 14.1. The Balaban J connectivity index is 1.97. The van der Waals surface area contributed by atoms with Gasteiger partial charge in [-0.2, -0.15) is 0 Å². The molecule has 158 valence electrons. The number of rotatable bonds is 9. The molecule has 2 N–H and O–H groups in total. The lowest BCUT2D eigenvalue weighted by Gasteiger charge is -2.16. The molecule has 0 aliphatic carbocycles. The molecule has 0 aliphatic heterocycles. The zero-order valence-corrected chi connectivity index (χ0v) is 17.7. The minimum atomic E-state index is -3.62. The van der Waals surface area contributed by atoms with Gasteiger partial charge in [0.15, 0.2) is 0 Å². The average Bonchev–Trinajstić information content (AvgIpc) is 2.65. The van der Waals surface area contributed by atoms with Crippen molar-refractivity contribution in [2.45, 2.75) is 31.4 Å². The molecule has 0 saturated heterocycles. The molecule has 0 spiro atoms. The van der Waals surface area contributed by atoms with Crippen molar-refractivity contribution in [2.75, 3.05) is 26.0 Å². The maximum Gasteiger partial charge on any atom is 0.242 e. The topological polar surface area (TPSA) is 87.7 Å². The van der Waals surface area contributed by atoms with Crippen LogP contribution in [0.15, 0.2) is 47.4 Å². The van der Waals surface area contributed by atoms with Crippen LogP contribution < -0.4 is 15.4 Å². The number of carbonyl (C=O) groups excluding carboxylic acids is 1. The highest BCUT2D eigenvalue weighted by Gasteiger charge is 2.20. The van der Waals surface area contributed by atoms with Crippen LogP contribution in [0.4, 0.5) is 10.1 Å². The van der Waals surface area contributed by atoms with Crippen LogP contribution in [0.25, 0.3) is 0 Å². The largest absolute Gasteiger partial charge is 0.491 e. The summed E-state index contributed by atoms with van der Waals surface area (Å²) in [4.78, 5) is 12.3. The second kappa shape index (κ2) is 9.71. The summed E-state index contributed by atoms with van der Waals surface area (Å²) >= 11 is 0. The van der Waals surface area contributed by atoms with Gasteiger partial charge in [0.05, 0.1) is 23.2 Å².